The first-order valence-electron chi connectivity index (χ1n) is 8.78. The second kappa shape index (κ2) is 7.29. The average Bonchev–Trinajstić information content (AvgIpc) is 3.03. The van der Waals surface area contributed by atoms with Gasteiger partial charge in [-0.05, 0) is 36.2 Å². The largest absolute Gasteiger partial charge is 0.422 e. The standard InChI is InChI=1S/C22H16N2O3S/c1-3-11-24-17-10-9-14(4-2)12-19(17)28-22(24)23-20(25)16-13-15-7-5-6-8-18(15)27-21(16)26/h1,5-10,12-13H,4,11H2,2H3. The van der Waals surface area contributed by atoms with Gasteiger partial charge >= 0.3 is 5.63 Å². The fourth-order valence-corrected chi connectivity index (χ4v) is 4.12. The Balaban J connectivity index is 1.88. The maximum absolute atomic E-state index is 12.8. The van der Waals surface area contributed by atoms with Crippen LogP contribution in [0.4, 0.5) is 0 Å². The summed E-state index contributed by atoms with van der Waals surface area (Å²) in [7, 11) is 0. The van der Waals surface area contributed by atoms with Crippen LogP contribution in [0.1, 0.15) is 22.8 Å². The van der Waals surface area contributed by atoms with E-state index in [0.717, 1.165) is 16.6 Å². The minimum atomic E-state index is -0.703. The quantitative estimate of drug-likeness (QED) is 0.397. The Morgan fingerprint density at radius 2 is 2.07 bits per heavy atom. The van der Waals surface area contributed by atoms with E-state index in [4.69, 9.17) is 10.8 Å². The van der Waals surface area contributed by atoms with Crippen LogP contribution in [-0.2, 0) is 13.0 Å². The highest BCUT2D eigenvalue weighted by Crippen LogP contribution is 2.20. The third-order valence-corrected chi connectivity index (χ3v) is 5.51. The minimum Gasteiger partial charge on any atom is -0.422 e. The van der Waals surface area contributed by atoms with Gasteiger partial charge in [0.1, 0.15) is 11.1 Å². The van der Waals surface area contributed by atoms with Crippen molar-refractivity contribution >= 4 is 38.4 Å². The Labute approximate surface area is 164 Å². The second-order valence-electron chi connectivity index (χ2n) is 6.23. The van der Waals surface area contributed by atoms with Gasteiger partial charge in [0.05, 0.1) is 16.8 Å². The number of nitrogens with zero attached hydrogens (tertiary/aromatic N) is 2. The van der Waals surface area contributed by atoms with Crippen molar-refractivity contribution in [2.45, 2.75) is 19.9 Å². The summed E-state index contributed by atoms with van der Waals surface area (Å²) in [6, 6.07) is 14.6. The summed E-state index contributed by atoms with van der Waals surface area (Å²) in [4.78, 5) is 29.7. The lowest BCUT2D eigenvalue weighted by Gasteiger charge is -2.01. The SMILES string of the molecule is C#CCn1c(=NC(=O)c2cc3ccccc3oc2=O)sc2cc(CC)ccc21. The number of fused-ring (bicyclic) bond motifs is 2. The molecule has 2 aromatic heterocycles. The summed E-state index contributed by atoms with van der Waals surface area (Å²) >= 11 is 1.37. The van der Waals surface area contributed by atoms with Crippen molar-refractivity contribution in [3.63, 3.8) is 0 Å². The maximum Gasteiger partial charge on any atom is 0.349 e. The second-order valence-corrected chi connectivity index (χ2v) is 7.24. The Kier molecular flexibility index (Phi) is 4.68. The molecule has 0 aliphatic rings. The van der Waals surface area contributed by atoms with E-state index in [-0.39, 0.29) is 12.1 Å². The van der Waals surface area contributed by atoms with Gasteiger partial charge in [-0.15, -0.1) is 6.42 Å². The molecule has 0 saturated carbocycles. The topological polar surface area (TPSA) is 64.6 Å². The molecule has 2 aromatic carbocycles. The summed E-state index contributed by atoms with van der Waals surface area (Å²) in [6.45, 7) is 2.36. The van der Waals surface area contributed by atoms with Gasteiger partial charge in [0, 0.05) is 5.39 Å². The van der Waals surface area contributed by atoms with Gasteiger partial charge in [-0.2, -0.15) is 4.99 Å². The molecule has 0 spiro atoms. The molecule has 0 fully saturated rings. The third kappa shape index (κ3) is 3.17. The van der Waals surface area contributed by atoms with Gasteiger partial charge in [-0.25, -0.2) is 4.79 Å². The van der Waals surface area contributed by atoms with Crippen LogP contribution in [-0.4, -0.2) is 10.5 Å². The van der Waals surface area contributed by atoms with E-state index in [1.807, 2.05) is 18.2 Å². The molecule has 0 atom stereocenters. The maximum atomic E-state index is 12.8. The monoisotopic (exact) mass is 388 g/mol. The lowest BCUT2D eigenvalue weighted by Crippen LogP contribution is -2.19. The van der Waals surface area contributed by atoms with E-state index in [1.54, 1.807) is 22.8 Å². The van der Waals surface area contributed by atoms with Crippen LogP contribution in [0.2, 0.25) is 0 Å². The molecule has 0 radical (unpaired) electrons. The smallest absolute Gasteiger partial charge is 0.349 e. The first kappa shape index (κ1) is 18.0. The van der Waals surface area contributed by atoms with E-state index < -0.39 is 11.5 Å². The predicted molar refractivity (Wildman–Crippen MR) is 110 cm³/mol. The number of benzene rings is 2. The van der Waals surface area contributed by atoms with Gasteiger partial charge in [0.2, 0.25) is 0 Å². The molecule has 0 N–H and O–H groups in total. The van der Waals surface area contributed by atoms with E-state index in [2.05, 4.69) is 23.9 Å². The molecule has 4 rings (SSSR count). The number of terminal acetylenes is 1. The predicted octanol–water partition coefficient (Wildman–Crippen LogP) is 3.75. The van der Waals surface area contributed by atoms with Crippen molar-refractivity contribution in [3.8, 4) is 12.3 Å². The zero-order valence-electron chi connectivity index (χ0n) is 15.1. The number of amides is 1. The number of aryl methyl sites for hydroxylation is 1. The highest BCUT2D eigenvalue weighted by Gasteiger charge is 2.14. The number of hydrogen-bond acceptors (Lipinski definition) is 4. The summed E-state index contributed by atoms with van der Waals surface area (Å²) in [5.74, 6) is 1.95. The highest BCUT2D eigenvalue weighted by molar-refractivity contribution is 7.16. The molecule has 0 bridgehead atoms. The van der Waals surface area contributed by atoms with Crippen molar-refractivity contribution in [1.82, 2.24) is 4.57 Å². The number of para-hydroxylation sites is 1. The molecule has 0 unspecified atom stereocenters. The lowest BCUT2D eigenvalue weighted by atomic mass is 10.2. The summed E-state index contributed by atoms with van der Waals surface area (Å²) in [5, 5.41) is 0.668. The van der Waals surface area contributed by atoms with Gasteiger partial charge in [-0.3, -0.25) is 4.79 Å². The molecule has 5 nitrogen and oxygen atoms in total. The van der Waals surface area contributed by atoms with Gasteiger partial charge in [0.15, 0.2) is 4.80 Å². The van der Waals surface area contributed by atoms with Crippen molar-refractivity contribution < 1.29 is 9.21 Å². The van der Waals surface area contributed by atoms with Crippen LogP contribution in [0.15, 0.2) is 62.7 Å². The normalized spacial score (nSPS) is 11.8. The summed E-state index contributed by atoms with van der Waals surface area (Å²) < 4.78 is 8.04. The first-order chi connectivity index (χ1) is 13.6. The Morgan fingerprint density at radius 3 is 2.86 bits per heavy atom. The molecular weight excluding hydrogens is 372 g/mol. The number of rotatable bonds is 3. The van der Waals surface area contributed by atoms with E-state index >= 15 is 0 Å². The van der Waals surface area contributed by atoms with Crippen LogP contribution >= 0.6 is 11.3 Å². The molecule has 2 heterocycles. The van der Waals surface area contributed by atoms with Crippen LogP contribution in [0.3, 0.4) is 0 Å². The third-order valence-electron chi connectivity index (χ3n) is 4.47. The van der Waals surface area contributed by atoms with Crippen molar-refractivity contribution in [2.24, 2.45) is 4.99 Å². The highest BCUT2D eigenvalue weighted by atomic mass is 32.1. The zero-order chi connectivity index (χ0) is 19.7. The number of hydrogen-bond donors (Lipinski definition) is 0. The zero-order valence-corrected chi connectivity index (χ0v) is 16.0. The fourth-order valence-electron chi connectivity index (χ4n) is 3.03. The van der Waals surface area contributed by atoms with Gasteiger partial charge < -0.3 is 8.98 Å². The fraction of sp³-hybridized carbons (Fsp3) is 0.136. The number of thiazole rings is 1. The minimum absolute atomic E-state index is 0.0994. The molecule has 6 heteroatoms. The average molecular weight is 388 g/mol. The molecule has 0 aliphatic carbocycles. The molecule has 0 aliphatic heterocycles. The molecule has 0 saturated heterocycles. The molecule has 4 aromatic rings. The summed E-state index contributed by atoms with van der Waals surface area (Å²) in [5.41, 5.74) is 1.73. The molecule has 1 amide bonds. The number of aromatic nitrogens is 1. The van der Waals surface area contributed by atoms with E-state index in [9.17, 15) is 9.59 Å². The Morgan fingerprint density at radius 1 is 1.25 bits per heavy atom. The van der Waals surface area contributed by atoms with Crippen molar-refractivity contribution in [2.75, 3.05) is 0 Å². The molecular formula is C22H16N2O3S. The van der Waals surface area contributed by atoms with Crippen molar-refractivity contribution in [3.05, 3.63) is 74.9 Å². The summed E-state index contributed by atoms with van der Waals surface area (Å²) in [6.07, 6.45) is 6.42. The van der Waals surface area contributed by atoms with Crippen LogP contribution in [0, 0.1) is 12.3 Å². The lowest BCUT2D eigenvalue weighted by molar-refractivity contribution is 0.0994. The van der Waals surface area contributed by atoms with Crippen LogP contribution in [0.25, 0.3) is 21.2 Å². The van der Waals surface area contributed by atoms with E-state index in [0.29, 0.717) is 15.8 Å². The molecule has 28 heavy (non-hydrogen) atoms. The van der Waals surface area contributed by atoms with Crippen LogP contribution < -0.4 is 10.4 Å². The number of carbonyl (C=O) groups is 1. The van der Waals surface area contributed by atoms with Gasteiger partial charge in [0.25, 0.3) is 5.91 Å². The first-order valence-corrected chi connectivity index (χ1v) is 9.60. The molecule has 138 valence electrons. The van der Waals surface area contributed by atoms with Crippen LogP contribution in [0.5, 0.6) is 0 Å². The van der Waals surface area contributed by atoms with Crippen molar-refractivity contribution in [1.29, 1.82) is 0 Å². The van der Waals surface area contributed by atoms with E-state index in [1.165, 1.54) is 23.0 Å². The Bertz CT molecular complexity index is 1380. The number of carbonyl (C=O) groups excluding carboxylic acids is 1. The Hall–Kier alpha value is -3.43. The van der Waals surface area contributed by atoms with Gasteiger partial charge in [-0.1, -0.05) is 48.4 Å².